The van der Waals surface area contributed by atoms with E-state index in [4.69, 9.17) is 16.2 Å². The average molecular weight is 481 g/mol. The van der Waals surface area contributed by atoms with Crippen LogP contribution in [0.4, 0.5) is 0 Å². The molecule has 0 fully saturated rings. The van der Waals surface area contributed by atoms with Gasteiger partial charge in [0.2, 0.25) is 0 Å². The molecule has 0 aliphatic rings. The molecule has 3 aromatic carbocycles. The van der Waals surface area contributed by atoms with Crippen LogP contribution in [0.1, 0.15) is 26.3 Å². The van der Waals surface area contributed by atoms with Crippen LogP contribution in [-0.4, -0.2) is 39.0 Å². The predicted molar refractivity (Wildman–Crippen MR) is 129 cm³/mol. The van der Waals surface area contributed by atoms with Crippen molar-refractivity contribution in [3.63, 3.8) is 0 Å². The van der Waals surface area contributed by atoms with E-state index in [2.05, 4.69) is 10.3 Å². The Labute approximate surface area is 197 Å². The third-order valence-corrected chi connectivity index (χ3v) is 5.83. The molecule has 176 valence electrons. The second kappa shape index (κ2) is 10.6. The Hall–Kier alpha value is -4.18. The molecule has 5 N–H and O–H groups in total. The fourth-order valence-corrected chi connectivity index (χ4v) is 3.88. The summed E-state index contributed by atoms with van der Waals surface area (Å²) in [6, 6.07) is 19.9. The number of ether oxygens (including phenoxy) is 1. The predicted octanol–water partition coefficient (Wildman–Crippen LogP) is 2.27. The molecule has 2 amide bonds. The van der Waals surface area contributed by atoms with Crippen molar-refractivity contribution in [2.24, 2.45) is 16.5 Å². The van der Waals surface area contributed by atoms with Crippen LogP contribution in [0.25, 0.3) is 0 Å². The van der Waals surface area contributed by atoms with Gasteiger partial charge in [0.05, 0.1) is 0 Å². The van der Waals surface area contributed by atoms with E-state index in [1.165, 1.54) is 18.2 Å². The first kappa shape index (κ1) is 24.5. The van der Waals surface area contributed by atoms with E-state index in [-0.39, 0.29) is 22.1 Å². The summed E-state index contributed by atoms with van der Waals surface area (Å²) in [5.41, 5.74) is 12.0. The molecule has 0 atom stereocenters. The Kier molecular flexibility index (Phi) is 7.64. The maximum absolute atomic E-state index is 12.3. The van der Waals surface area contributed by atoms with Crippen LogP contribution in [0.3, 0.4) is 0 Å². The first-order valence-electron chi connectivity index (χ1n) is 10.2. The largest absolute Gasteiger partial charge is 0.456 e. The second-order valence-electron chi connectivity index (χ2n) is 7.39. The molecule has 0 aliphatic carbocycles. The van der Waals surface area contributed by atoms with Crippen LogP contribution in [0, 0.1) is 0 Å². The van der Waals surface area contributed by atoms with Gasteiger partial charge in [-0.15, -0.1) is 0 Å². The number of carbonyl (C=O) groups is 2. The summed E-state index contributed by atoms with van der Waals surface area (Å²) >= 11 is 0. The Morgan fingerprint density at radius 2 is 1.62 bits per heavy atom. The molecule has 0 unspecified atom stereocenters. The third kappa shape index (κ3) is 6.66. The van der Waals surface area contributed by atoms with E-state index in [9.17, 15) is 18.0 Å². The number of guanidine groups is 1. The topological polar surface area (TPSA) is 154 Å². The lowest BCUT2D eigenvalue weighted by molar-refractivity contribution is 0.0952. The smallest absolute Gasteiger partial charge is 0.280 e. The van der Waals surface area contributed by atoms with Crippen LogP contribution >= 0.6 is 0 Å². The summed E-state index contributed by atoms with van der Waals surface area (Å²) in [6.45, 7) is 0.456. The van der Waals surface area contributed by atoms with Gasteiger partial charge in [-0.2, -0.15) is 4.99 Å². The third-order valence-electron chi connectivity index (χ3n) is 4.71. The van der Waals surface area contributed by atoms with Gasteiger partial charge in [-0.25, -0.2) is 8.42 Å². The first-order valence-corrected chi connectivity index (χ1v) is 12.1. The van der Waals surface area contributed by atoms with Gasteiger partial charge in [-0.3, -0.25) is 9.59 Å². The molecule has 0 saturated heterocycles. The second-order valence-corrected chi connectivity index (χ2v) is 9.38. The van der Waals surface area contributed by atoms with Gasteiger partial charge in [-0.1, -0.05) is 30.3 Å². The molecule has 0 aromatic heterocycles. The monoisotopic (exact) mass is 480 g/mol. The van der Waals surface area contributed by atoms with Gasteiger partial charge < -0.3 is 21.5 Å². The molecule has 0 radical (unpaired) electrons. The minimum absolute atomic E-state index is 0.00840. The summed E-state index contributed by atoms with van der Waals surface area (Å²) in [5, 5.41) is 2.86. The standard InChI is InChI=1S/C24H24N4O5S/c1-34(31,32)21-15-18(23(30)28-24(25)26)9-12-20(21)33-19-10-7-16(8-11-19)13-14-27-22(29)17-5-3-2-4-6-17/h2-12,15H,13-14H2,1H3,(H,27,29)(H4,25,26,28,30). The molecule has 9 nitrogen and oxygen atoms in total. The summed E-state index contributed by atoms with van der Waals surface area (Å²) in [7, 11) is -3.72. The van der Waals surface area contributed by atoms with Crippen LogP contribution in [-0.2, 0) is 16.3 Å². The Bertz CT molecular complexity index is 1320. The minimum Gasteiger partial charge on any atom is -0.456 e. The number of amides is 2. The van der Waals surface area contributed by atoms with Gasteiger partial charge in [0, 0.05) is 23.9 Å². The number of nitrogens with one attached hydrogen (secondary N) is 1. The summed E-state index contributed by atoms with van der Waals surface area (Å²) in [4.78, 5) is 27.4. The minimum atomic E-state index is -3.72. The molecule has 0 heterocycles. The quantitative estimate of drug-likeness (QED) is 0.330. The average Bonchev–Trinajstić information content (AvgIpc) is 2.80. The van der Waals surface area contributed by atoms with Gasteiger partial charge in [-0.05, 0) is 54.4 Å². The lowest BCUT2D eigenvalue weighted by Crippen LogP contribution is -2.25. The molecule has 10 heteroatoms. The number of rotatable bonds is 8. The van der Waals surface area contributed by atoms with Crippen LogP contribution < -0.4 is 21.5 Å². The van der Waals surface area contributed by atoms with Crippen molar-refractivity contribution < 1.29 is 22.7 Å². The highest BCUT2D eigenvalue weighted by molar-refractivity contribution is 7.90. The number of sulfone groups is 1. The molecule has 3 rings (SSSR count). The highest BCUT2D eigenvalue weighted by Gasteiger charge is 2.18. The van der Waals surface area contributed by atoms with Crippen molar-refractivity contribution >= 4 is 27.6 Å². The Balaban J connectivity index is 1.68. The van der Waals surface area contributed by atoms with Crippen LogP contribution in [0.5, 0.6) is 11.5 Å². The summed E-state index contributed by atoms with van der Waals surface area (Å²) in [5.74, 6) is -0.862. The SMILES string of the molecule is CS(=O)(=O)c1cc(C(=O)N=C(N)N)ccc1Oc1ccc(CCNC(=O)c2ccccc2)cc1. The van der Waals surface area contributed by atoms with E-state index in [0.717, 1.165) is 11.8 Å². The molecular formula is C24H24N4O5S. The number of hydrogen-bond donors (Lipinski definition) is 3. The highest BCUT2D eigenvalue weighted by Crippen LogP contribution is 2.30. The van der Waals surface area contributed by atoms with E-state index in [1.54, 1.807) is 36.4 Å². The van der Waals surface area contributed by atoms with Crippen molar-refractivity contribution in [1.29, 1.82) is 0 Å². The molecule has 0 bridgehead atoms. The zero-order valence-electron chi connectivity index (χ0n) is 18.4. The van der Waals surface area contributed by atoms with Crippen LogP contribution in [0.2, 0.25) is 0 Å². The van der Waals surface area contributed by atoms with Crippen molar-refractivity contribution in [2.75, 3.05) is 12.8 Å². The van der Waals surface area contributed by atoms with Crippen LogP contribution in [0.15, 0.2) is 82.7 Å². The number of hydrogen-bond acceptors (Lipinski definition) is 5. The van der Waals surface area contributed by atoms with E-state index in [0.29, 0.717) is 24.3 Å². The Morgan fingerprint density at radius 1 is 0.941 bits per heavy atom. The van der Waals surface area contributed by atoms with Gasteiger partial charge >= 0.3 is 0 Å². The van der Waals surface area contributed by atoms with Gasteiger partial charge in [0.15, 0.2) is 15.8 Å². The summed E-state index contributed by atoms with van der Waals surface area (Å²) in [6.07, 6.45) is 1.62. The van der Waals surface area contributed by atoms with Gasteiger partial charge in [0.1, 0.15) is 16.4 Å². The first-order chi connectivity index (χ1) is 16.1. The van der Waals surface area contributed by atoms with E-state index < -0.39 is 21.7 Å². The maximum Gasteiger partial charge on any atom is 0.280 e. The number of carbonyl (C=O) groups excluding carboxylic acids is 2. The highest BCUT2D eigenvalue weighted by atomic mass is 32.2. The van der Waals surface area contributed by atoms with Gasteiger partial charge in [0.25, 0.3) is 11.8 Å². The zero-order chi connectivity index (χ0) is 24.7. The lowest BCUT2D eigenvalue weighted by atomic mass is 10.1. The Morgan fingerprint density at radius 3 is 2.24 bits per heavy atom. The molecule has 34 heavy (non-hydrogen) atoms. The summed E-state index contributed by atoms with van der Waals surface area (Å²) < 4.78 is 30.3. The molecule has 0 spiro atoms. The van der Waals surface area contributed by atoms with Crippen molar-refractivity contribution in [3.8, 4) is 11.5 Å². The van der Waals surface area contributed by atoms with Crippen molar-refractivity contribution in [1.82, 2.24) is 5.32 Å². The fraction of sp³-hybridized carbons (Fsp3) is 0.125. The fourth-order valence-electron chi connectivity index (χ4n) is 3.06. The van der Waals surface area contributed by atoms with E-state index in [1.807, 2.05) is 18.2 Å². The number of aliphatic imine (C=N–C) groups is 1. The van der Waals surface area contributed by atoms with Crippen molar-refractivity contribution in [3.05, 3.63) is 89.5 Å². The normalized spacial score (nSPS) is 10.9. The molecule has 0 aliphatic heterocycles. The maximum atomic E-state index is 12.3. The molecule has 0 saturated carbocycles. The van der Waals surface area contributed by atoms with E-state index >= 15 is 0 Å². The molecular weight excluding hydrogens is 456 g/mol. The lowest BCUT2D eigenvalue weighted by Gasteiger charge is -2.12. The molecule has 3 aromatic rings. The van der Waals surface area contributed by atoms with Crippen molar-refractivity contribution in [2.45, 2.75) is 11.3 Å². The zero-order valence-corrected chi connectivity index (χ0v) is 19.2. The number of benzene rings is 3. The number of nitrogens with two attached hydrogens (primary N) is 2. The number of nitrogens with zero attached hydrogens (tertiary/aromatic N) is 1.